The lowest BCUT2D eigenvalue weighted by atomic mass is 9.99. The summed E-state index contributed by atoms with van der Waals surface area (Å²) in [5.41, 5.74) is 1.24. The summed E-state index contributed by atoms with van der Waals surface area (Å²) in [4.78, 5) is 14.2. The van der Waals surface area contributed by atoms with Crippen molar-refractivity contribution in [3.8, 4) is 0 Å². The molecule has 1 aromatic carbocycles. The Labute approximate surface area is 119 Å². The number of amides is 1. The van der Waals surface area contributed by atoms with Gasteiger partial charge in [-0.25, -0.2) is 0 Å². The highest BCUT2D eigenvalue weighted by Crippen LogP contribution is 2.30. The van der Waals surface area contributed by atoms with Crippen LogP contribution in [0.5, 0.6) is 0 Å². The maximum absolute atomic E-state index is 12.4. The first-order chi connectivity index (χ1) is 9.25. The standard InChI is InChI=1S/C15H18N2OS/c18-14-12-7-4-8-13(12)16-15(19)17(14)10-9-11-5-2-1-3-6-11/h1-3,5-6,12-13H,4,7-10H2,(H,16,19)/t12-,13+/m0/s1. The van der Waals surface area contributed by atoms with E-state index >= 15 is 0 Å². The first-order valence-corrected chi connectivity index (χ1v) is 7.32. The lowest BCUT2D eigenvalue weighted by Gasteiger charge is -2.36. The average molecular weight is 274 g/mol. The number of carbonyl (C=O) groups excluding carboxylic acids is 1. The molecule has 100 valence electrons. The topological polar surface area (TPSA) is 32.3 Å². The molecular formula is C15H18N2OS. The summed E-state index contributed by atoms with van der Waals surface area (Å²) in [5.74, 6) is 0.365. The van der Waals surface area contributed by atoms with E-state index in [0.29, 0.717) is 11.7 Å². The third-order valence-electron chi connectivity index (χ3n) is 4.12. The Hall–Kier alpha value is -1.42. The van der Waals surface area contributed by atoms with E-state index in [1.165, 1.54) is 5.56 Å². The van der Waals surface area contributed by atoms with Crippen molar-refractivity contribution < 1.29 is 4.79 Å². The minimum Gasteiger partial charge on any atom is -0.359 e. The molecule has 2 aliphatic rings. The van der Waals surface area contributed by atoms with Crippen molar-refractivity contribution >= 4 is 23.2 Å². The molecule has 1 aliphatic carbocycles. The summed E-state index contributed by atoms with van der Waals surface area (Å²) in [6, 6.07) is 10.5. The average Bonchev–Trinajstić information content (AvgIpc) is 2.88. The number of hydrogen-bond acceptors (Lipinski definition) is 2. The first kappa shape index (κ1) is 12.6. The summed E-state index contributed by atoms with van der Waals surface area (Å²) >= 11 is 5.34. The van der Waals surface area contributed by atoms with Gasteiger partial charge in [0.15, 0.2) is 5.11 Å². The third kappa shape index (κ3) is 2.50. The molecule has 1 saturated carbocycles. The number of nitrogens with zero attached hydrogens (tertiary/aromatic N) is 1. The van der Waals surface area contributed by atoms with Crippen LogP contribution in [0.1, 0.15) is 24.8 Å². The van der Waals surface area contributed by atoms with E-state index in [-0.39, 0.29) is 17.9 Å². The molecule has 1 aliphatic heterocycles. The Balaban J connectivity index is 1.66. The van der Waals surface area contributed by atoms with Gasteiger partial charge in [0.2, 0.25) is 5.91 Å². The summed E-state index contributed by atoms with van der Waals surface area (Å²) in [7, 11) is 0. The monoisotopic (exact) mass is 274 g/mol. The van der Waals surface area contributed by atoms with Crippen LogP contribution in [0.2, 0.25) is 0 Å². The predicted octanol–water partition coefficient (Wildman–Crippen LogP) is 2.11. The van der Waals surface area contributed by atoms with E-state index in [0.717, 1.165) is 25.7 Å². The summed E-state index contributed by atoms with van der Waals surface area (Å²) in [5, 5.41) is 3.95. The van der Waals surface area contributed by atoms with E-state index in [4.69, 9.17) is 12.2 Å². The summed E-state index contributed by atoms with van der Waals surface area (Å²) in [6.45, 7) is 0.678. The van der Waals surface area contributed by atoms with Gasteiger partial charge in [0, 0.05) is 12.6 Å². The van der Waals surface area contributed by atoms with Crippen molar-refractivity contribution in [1.82, 2.24) is 10.2 Å². The number of hydrogen-bond donors (Lipinski definition) is 1. The smallest absolute Gasteiger partial charge is 0.233 e. The number of carbonyl (C=O) groups is 1. The van der Waals surface area contributed by atoms with Gasteiger partial charge >= 0.3 is 0 Å². The SMILES string of the molecule is O=C1[C@H]2CCC[C@H]2NC(=S)N1CCc1ccccc1. The molecule has 0 aromatic heterocycles. The maximum Gasteiger partial charge on any atom is 0.233 e. The first-order valence-electron chi connectivity index (χ1n) is 6.91. The van der Waals surface area contributed by atoms with Gasteiger partial charge in [-0.2, -0.15) is 0 Å². The Morgan fingerprint density at radius 1 is 1.26 bits per heavy atom. The van der Waals surface area contributed by atoms with Crippen molar-refractivity contribution in [3.63, 3.8) is 0 Å². The molecule has 19 heavy (non-hydrogen) atoms. The molecule has 0 unspecified atom stereocenters. The van der Waals surface area contributed by atoms with Gasteiger partial charge in [0.05, 0.1) is 5.92 Å². The van der Waals surface area contributed by atoms with Crippen LogP contribution in [0.3, 0.4) is 0 Å². The van der Waals surface area contributed by atoms with Crippen LogP contribution in [0.15, 0.2) is 30.3 Å². The minimum atomic E-state index is 0.141. The molecule has 1 amide bonds. The number of thiocarbonyl (C=S) groups is 1. The Bertz CT molecular complexity index is 488. The second-order valence-electron chi connectivity index (χ2n) is 5.32. The second kappa shape index (κ2) is 5.29. The van der Waals surface area contributed by atoms with Gasteiger partial charge in [-0.1, -0.05) is 36.8 Å². The van der Waals surface area contributed by atoms with Gasteiger partial charge in [0.1, 0.15) is 0 Å². The van der Waals surface area contributed by atoms with E-state index in [1.54, 1.807) is 4.90 Å². The van der Waals surface area contributed by atoms with E-state index in [9.17, 15) is 4.79 Å². The van der Waals surface area contributed by atoms with Gasteiger partial charge in [0.25, 0.3) is 0 Å². The zero-order chi connectivity index (χ0) is 13.2. The quantitative estimate of drug-likeness (QED) is 0.857. The van der Waals surface area contributed by atoms with Crippen LogP contribution in [-0.2, 0) is 11.2 Å². The molecule has 0 spiro atoms. The zero-order valence-corrected chi connectivity index (χ0v) is 11.7. The molecule has 0 bridgehead atoms. The predicted molar refractivity (Wildman–Crippen MR) is 78.7 cm³/mol. The molecule has 1 heterocycles. The molecule has 2 fully saturated rings. The second-order valence-corrected chi connectivity index (χ2v) is 5.71. The molecule has 2 atom stereocenters. The van der Waals surface area contributed by atoms with Crippen molar-refractivity contribution in [3.05, 3.63) is 35.9 Å². The van der Waals surface area contributed by atoms with E-state index in [1.807, 2.05) is 18.2 Å². The van der Waals surface area contributed by atoms with Crippen molar-refractivity contribution in [2.45, 2.75) is 31.7 Å². The normalized spacial score (nSPS) is 26.2. The number of nitrogens with one attached hydrogen (secondary N) is 1. The highest BCUT2D eigenvalue weighted by molar-refractivity contribution is 7.80. The highest BCUT2D eigenvalue weighted by atomic mass is 32.1. The Kier molecular flexibility index (Phi) is 3.51. The summed E-state index contributed by atoms with van der Waals surface area (Å²) < 4.78 is 0. The van der Waals surface area contributed by atoms with Gasteiger partial charge < -0.3 is 5.32 Å². The fourth-order valence-corrected chi connectivity index (χ4v) is 3.40. The third-order valence-corrected chi connectivity index (χ3v) is 4.46. The maximum atomic E-state index is 12.4. The van der Waals surface area contributed by atoms with Crippen molar-refractivity contribution in [2.24, 2.45) is 5.92 Å². The lowest BCUT2D eigenvalue weighted by Crippen LogP contribution is -2.58. The van der Waals surface area contributed by atoms with Gasteiger partial charge in [-0.05, 0) is 37.0 Å². The van der Waals surface area contributed by atoms with Crippen molar-refractivity contribution in [2.75, 3.05) is 6.54 Å². The highest BCUT2D eigenvalue weighted by Gasteiger charge is 2.41. The molecule has 1 saturated heterocycles. The Morgan fingerprint density at radius 3 is 2.84 bits per heavy atom. The zero-order valence-electron chi connectivity index (χ0n) is 10.8. The molecule has 1 N–H and O–H groups in total. The van der Waals surface area contributed by atoms with Crippen LogP contribution in [0.25, 0.3) is 0 Å². The molecule has 3 nitrogen and oxygen atoms in total. The van der Waals surface area contributed by atoms with Gasteiger partial charge in [-0.3, -0.25) is 9.69 Å². The lowest BCUT2D eigenvalue weighted by molar-refractivity contribution is -0.133. The van der Waals surface area contributed by atoms with Crippen molar-refractivity contribution in [1.29, 1.82) is 0 Å². The van der Waals surface area contributed by atoms with E-state index in [2.05, 4.69) is 17.4 Å². The van der Waals surface area contributed by atoms with Crippen LogP contribution in [0.4, 0.5) is 0 Å². The Morgan fingerprint density at radius 2 is 2.05 bits per heavy atom. The van der Waals surface area contributed by atoms with E-state index < -0.39 is 0 Å². The fourth-order valence-electron chi connectivity index (χ4n) is 3.06. The van der Waals surface area contributed by atoms with Crippen LogP contribution in [-0.4, -0.2) is 28.5 Å². The number of fused-ring (bicyclic) bond motifs is 1. The number of rotatable bonds is 3. The van der Waals surface area contributed by atoms with Gasteiger partial charge in [-0.15, -0.1) is 0 Å². The molecule has 3 rings (SSSR count). The molecule has 1 aromatic rings. The van der Waals surface area contributed by atoms with Crippen LogP contribution in [0, 0.1) is 5.92 Å². The van der Waals surface area contributed by atoms with Crippen LogP contribution >= 0.6 is 12.2 Å². The molecular weight excluding hydrogens is 256 g/mol. The number of benzene rings is 1. The van der Waals surface area contributed by atoms with Crippen LogP contribution < -0.4 is 5.32 Å². The minimum absolute atomic E-state index is 0.141. The fraction of sp³-hybridized carbons (Fsp3) is 0.467. The largest absolute Gasteiger partial charge is 0.359 e. The summed E-state index contributed by atoms with van der Waals surface area (Å²) in [6.07, 6.45) is 4.05. The molecule has 4 heteroatoms. The molecule has 0 radical (unpaired) electrons.